The molecule has 34 heavy (non-hydrogen) atoms. The highest BCUT2D eigenvalue weighted by Gasteiger charge is 2.30. The van der Waals surface area contributed by atoms with Gasteiger partial charge in [0, 0.05) is 36.6 Å². The first-order chi connectivity index (χ1) is 16.8. The van der Waals surface area contributed by atoms with Crippen LogP contribution in [0.5, 0.6) is 0 Å². The summed E-state index contributed by atoms with van der Waals surface area (Å²) in [5.74, 6) is 2.11. The number of benzene rings is 2. The summed E-state index contributed by atoms with van der Waals surface area (Å²) in [5.41, 5.74) is 4.06. The molecule has 174 valence electrons. The van der Waals surface area contributed by atoms with Crippen LogP contribution in [0.2, 0.25) is 0 Å². The summed E-state index contributed by atoms with van der Waals surface area (Å²) < 4.78 is 0. The van der Waals surface area contributed by atoms with E-state index in [0.29, 0.717) is 17.9 Å². The first-order valence-corrected chi connectivity index (χ1v) is 12.7. The summed E-state index contributed by atoms with van der Waals surface area (Å²) >= 11 is 0. The van der Waals surface area contributed by atoms with Gasteiger partial charge in [-0.1, -0.05) is 43.2 Å². The van der Waals surface area contributed by atoms with E-state index in [1.807, 2.05) is 42.6 Å². The van der Waals surface area contributed by atoms with Crippen LogP contribution in [0.25, 0.3) is 11.3 Å². The van der Waals surface area contributed by atoms with Crippen molar-refractivity contribution in [3.8, 4) is 17.3 Å². The molecular weight excluding hydrogens is 418 g/mol. The molecule has 5 heteroatoms. The molecule has 1 N–H and O–H groups in total. The van der Waals surface area contributed by atoms with E-state index in [-0.39, 0.29) is 0 Å². The van der Waals surface area contributed by atoms with Gasteiger partial charge in [-0.25, -0.2) is 9.97 Å². The Morgan fingerprint density at radius 1 is 0.941 bits per heavy atom. The summed E-state index contributed by atoms with van der Waals surface area (Å²) in [6.45, 7) is 2.21. The fraction of sp³-hybridized carbons (Fsp3) is 0.414. The highest BCUT2D eigenvalue weighted by Crippen LogP contribution is 2.35. The zero-order valence-electron chi connectivity index (χ0n) is 19.7. The van der Waals surface area contributed by atoms with Gasteiger partial charge in [0.15, 0.2) is 0 Å². The van der Waals surface area contributed by atoms with E-state index in [0.717, 1.165) is 35.9 Å². The third-order valence-corrected chi connectivity index (χ3v) is 7.47. The van der Waals surface area contributed by atoms with Gasteiger partial charge in [-0.15, -0.1) is 0 Å². The normalized spacial score (nSPS) is 22.7. The molecule has 1 saturated heterocycles. The van der Waals surface area contributed by atoms with Crippen LogP contribution in [-0.4, -0.2) is 29.1 Å². The van der Waals surface area contributed by atoms with Crippen molar-refractivity contribution in [3.05, 3.63) is 72.4 Å². The van der Waals surface area contributed by atoms with E-state index in [9.17, 15) is 0 Å². The monoisotopic (exact) mass is 451 g/mol. The van der Waals surface area contributed by atoms with E-state index in [1.54, 1.807) is 0 Å². The Balaban J connectivity index is 1.24. The fourth-order valence-electron chi connectivity index (χ4n) is 5.71. The third kappa shape index (κ3) is 5.39. The maximum absolute atomic E-state index is 9.09. The lowest BCUT2D eigenvalue weighted by Gasteiger charge is -2.39. The molecule has 1 aliphatic heterocycles. The molecule has 1 aliphatic carbocycles. The van der Waals surface area contributed by atoms with E-state index >= 15 is 0 Å². The van der Waals surface area contributed by atoms with E-state index in [1.165, 1.54) is 50.6 Å². The average Bonchev–Trinajstić information content (AvgIpc) is 2.91. The molecule has 0 amide bonds. The molecule has 0 bridgehead atoms. The first kappa shape index (κ1) is 22.4. The minimum Gasteiger partial charge on any atom is -0.371 e. The van der Waals surface area contributed by atoms with Crippen LogP contribution in [-0.2, 0) is 0 Å². The average molecular weight is 452 g/mol. The van der Waals surface area contributed by atoms with Crippen molar-refractivity contribution in [3.63, 3.8) is 0 Å². The van der Waals surface area contributed by atoms with Crippen molar-refractivity contribution in [2.24, 2.45) is 11.8 Å². The Bertz CT molecular complexity index is 1110. The predicted octanol–water partition coefficient (Wildman–Crippen LogP) is 6.29. The molecule has 2 fully saturated rings. The van der Waals surface area contributed by atoms with Gasteiger partial charge < -0.3 is 10.2 Å². The Morgan fingerprint density at radius 3 is 2.59 bits per heavy atom. The SMILES string of the molecule is N#Cc1ccc(N2CCC[C@H](C[C@@H]3CCCC[C@H]3Nc3nccc(-c4ccccc4)n3)C2)cc1. The molecule has 1 saturated carbocycles. The molecule has 3 aromatic rings. The first-order valence-electron chi connectivity index (χ1n) is 12.7. The summed E-state index contributed by atoms with van der Waals surface area (Å²) in [4.78, 5) is 11.9. The Morgan fingerprint density at radius 2 is 1.76 bits per heavy atom. The highest BCUT2D eigenvalue weighted by atomic mass is 15.1. The Hall–Kier alpha value is -3.39. The molecule has 0 spiro atoms. The van der Waals surface area contributed by atoms with Gasteiger partial charge in [-0.2, -0.15) is 5.26 Å². The molecule has 5 rings (SSSR count). The van der Waals surface area contributed by atoms with Crippen LogP contribution < -0.4 is 10.2 Å². The van der Waals surface area contributed by atoms with E-state index in [4.69, 9.17) is 10.2 Å². The van der Waals surface area contributed by atoms with Gasteiger partial charge >= 0.3 is 0 Å². The lowest BCUT2D eigenvalue weighted by atomic mass is 9.77. The van der Waals surface area contributed by atoms with Crippen LogP contribution in [0.4, 0.5) is 11.6 Å². The van der Waals surface area contributed by atoms with Crippen molar-refractivity contribution in [2.75, 3.05) is 23.3 Å². The van der Waals surface area contributed by atoms with Gasteiger partial charge in [0.25, 0.3) is 0 Å². The summed E-state index contributed by atoms with van der Waals surface area (Å²) in [5, 5.41) is 12.8. The number of rotatable bonds is 6. The van der Waals surface area contributed by atoms with Crippen molar-refractivity contribution < 1.29 is 0 Å². The van der Waals surface area contributed by atoms with E-state index in [2.05, 4.69) is 45.5 Å². The number of anilines is 2. The lowest BCUT2D eigenvalue weighted by Crippen LogP contribution is -2.39. The fourth-order valence-corrected chi connectivity index (χ4v) is 5.71. The largest absolute Gasteiger partial charge is 0.371 e. The topological polar surface area (TPSA) is 64.8 Å². The number of nitrogens with zero attached hydrogens (tertiary/aromatic N) is 4. The van der Waals surface area contributed by atoms with Crippen LogP contribution in [0.15, 0.2) is 66.9 Å². The summed E-state index contributed by atoms with van der Waals surface area (Å²) in [6, 6.07) is 23.0. The number of hydrogen-bond donors (Lipinski definition) is 1. The molecular formula is C29H33N5. The predicted molar refractivity (Wildman–Crippen MR) is 138 cm³/mol. The van der Waals surface area contributed by atoms with Crippen molar-refractivity contribution in [2.45, 2.75) is 51.0 Å². The summed E-state index contributed by atoms with van der Waals surface area (Å²) in [7, 11) is 0. The maximum atomic E-state index is 9.09. The number of hydrogen-bond acceptors (Lipinski definition) is 5. The Labute approximate surface area is 202 Å². The van der Waals surface area contributed by atoms with Gasteiger partial charge in [-0.3, -0.25) is 0 Å². The van der Waals surface area contributed by atoms with Crippen molar-refractivity contribution in [1.82, 2.24) is 9.97 Å². The second kappa shape index (κ2) is 10.7. The molecule has 2 aromatic carbocycles. The van der Waals surface area contributed by atoms with Crippen LogP contribution in [0.3, 0.4) is 0 Å². The standard InChI is InChI=1S/C29H33N5/c30-20-22-12-14-26(15-13-22)34-18-6-7-23(21-34)19-25-10-4-5-11-27(25)32-29-31-17-16-28(33-29)24-8-2-1-3-9-24/h1-3,8-9,12-17,23,25,27H,4-7,10-11,18-19,21H2,(H,31,32,33)/t23-,25+,27-/m1/s1. The second-order valence-corrected chi connectivity index (χ2v) is 9.78. The zero-order valence-corrected chi connectivity index (χ0v) is 19.7. The smallest absolute Gasteiger partial charge is 0.223 e. The minimum absolute atomic E-state index is 0.435. The van der Waals surface area contributed by atoms with Gasteiger partial charge in [-0.05, 0) is 74.3 Å². The van der Waals surface area contributed by atoms with Crippen LogP contribution in [0.1, 0.15) is 50.5 Å². The maximum Gasteiger partial charge on any atom is 0.223 e. The molecule has 2 heterocycles. The van der Waals surface area contributed by atoms with E-state index < -0.39 is 0 Å². The highest BCUT2D eigenvalue weighted by molar-refractivity contribution is 5.59. The van der Waals surface area contributed by atoms with Crippen molar-refractivity contribution in [1.29, 1.82) is 5.26 Å². The molecule has 0 unspecified atom stereocenters. The minimum atomic E-state index is 0.435. The molecule has 1 aromatic heterocycles. The summed E-state index contributed by atoms with van der Waals surface area (Å²) in [6.07, 6.45) is 10.7. The molecule has 5 nitrogen and oxygen atoms in total. The molecule has 0 radical (unpaired) electrons. The quantitative estimate of drug-likeness (QED) is 0.477. The zero-order chi connectivity index (χ0) is 23.2. The van der Waals surface area contributed by atoms with Crippen molar-refractivity contribution >= 4 is 11.6 Å². The molecule has 3 atom stereocenters. The van der Waals surface area contributed by atoms with Gasteiger partial charge in [0.1, 0.15) is 0 Å². The second-order valence-electron chi connectivity index (χ2n) is 9.78. The molecule has 2 aliphatic rings. The van der Waals surface area contributed by atoms with Crippen LogP contribution in [0, 0.1) is 23.2 Å². The number of nitrogens with one attached hydrogen (secondary N) is 1. The van der Waals surface area contributed by atoms with Gasteiger partial charge in [0.2, 0.25) is 5.95 Å². The van der Waals surface area contributed by atoms with Gasteiger partial charge in [0.05, 0.1) is 17.3 Å². The number of aromatic nitrogens is 2. The number of piperidine rings is 1. The van der Waals surface area contributed by atoms with Crippen LogP contribution >= 0.6 is 0 Å². The Kier molecular flexibility index (Phi) is 7.05. The lowest BCUT2D eigenvalue weighted by molar-refractivity contribution is 0.247. The number of nitriles is 1. The third-order valence-electron chi connectivity index (χ3n) is 7.47.